The van der Waals surface area contributed by atoms with Crippen LogP contribution in [-0.4, -0.2) is 88.0 Å². The van der Waals surface area contributed by atoms with Gasteiger partial charge >= 0.3 is 5.97 Å². The molecule has 0 spiro atoms. The Morgan fingerprint density at radius 2 is 2.05 bits per heavy atom. The smallest absolute Gasteiger partial charge is 0.302 e. The first-order valence-corrected chi connectivity index (χ1v) is 12.9. The molecule has 2 aromatic rings. The summed E-state index contributed by atoms with van der Waals surface area (Å²) in [6.07, 6.45) is -0.898. The van der Waals surface area contributed by atoms with E-state index in [1.54, 1.807) is 0 Å². The summed E-state index contributed by atoms with van der Waals surface area (Å²) in [5.41, 5.74) is 8.15. The number of halogens is 3. The van der Waals surface area contributed by atoms with Gasteiger partial charge in [-0.3, -0.25) is 4.79 Å². The highest BCUT2D eigenvalue weighted by Gasteiger charge is 2.48. The van der Waals surface area contributed by atoms with Crippen LogP contribution in [0.2, 0.25) is 0 Å². The SMILES string of the molecule is COC1C(SC2COCC(N=[N+]=[N-])C2O)OC(COC(C)=O)C(C)C1n1cc(-c2cc(F)c(F)c(F)c2)nn1. The lowest BCUT2D eigenvalue weighted by Gasteiger charge is -2.46. The van der Waals surface area contributed by atoms with Crippen molar-refractivity contribution in [2.75, 3.05) is 26.9 Å². The van der Waals surface area contributed by atoms with Crippen LogP contribution in [0.4, 0.5) is 13.2 Å². The highest BCUT2D eigenvalue weighted by molar-refractivity contribution is 8.00. The third-order valence-corrected chi connectivity index (χ3v) is 8.12. The van der Waals surface area contributed by atoms with E-state index in [2.05, 4.69) is 20.3 Å². The van der Waals surface area contributed by atoms with Crippen molar-refractivity contribution >= 4 is 17.7 Å². The molecule has 212 valence electrons. The summed E-state index contributed by atoms with van der Waals surface area (Å²) in [6, 6.07) is 0.279. The third-order valence-electron chi connectivity index (χ3n) is 6.71. The number of esters is 1. The topological polar surface area (TPSA) is 154 Å². The first-order valence-electron chi connectivity index (χ1n) is 12.0. The number of ether oxygens (including phenoxy) is 4. The van der Waals surface area contributed by atoms with Gasteiger partial charge in [-0.15, -0.1) is 16.9 Å². The molecule has 1 N–H and O–H groups in total. The molecule has 2 aliphatic rings. The van der Waals surface area contributed by atoms with Crippen LogP contribution in [0.25, 0.3) is 21.7 Å². The number of methoxy groups -OCH3 is 1. The Balaban J connectivity index is 1.65. The average molecular weight is 573 g/mol. The molecule has 8 unspecified atom stereocenters. The lowest BCUT2D eigenvalue weighted by molar-refractivity contribution is -0.172. The Kier molecular flexibility index (Phi) is 9.35. The van der Waals surface area contributed by atoms with E-state index in [0.29, 0.717) is 0 Å². The predicted octanol–water partition coefficient (Wildman–Crippen LogP) is 3.01. The summed E-state index contributed by atoms with van der Waals surface area (Å²) in [5.74, 6) is -5.19. The molecule has 12 nitrogen and oxygen atoms in total. The molecule has 0 radical (unpaired) electrons. The van der Waals surface area contributed by atoms with Gasteiger partial charge < -0.3 is 24.1 Å². The van der Waals surface area contributed by atoms with Crippen LogP contribution in [-0.2, 0) is 23.7 Å². The molecule has 1 aromatic carbocycles. The van der Waals surface area contributed by atoms with Gasteiger partial charge in [0.05, 0.1) is 49.0 Å². The monoisotopic (exact) mass is 572 g/mol. The number of nitrogens with zero attached hydrogens (tertiary/aromatic N) is 6. The Labute approximate surface area is 225 Å². The van der Waals surface area contributed by atoms with Crippen molar-refractivity contribution in [3.8, 4) is 11.3 Å². The standard InChI is InChI=1S/C23H27F3N6O6S/c1-10-17(8-37-11(2)33)38-23(39-18-9-36-7-16(21(18)34)28-30-27)22(35-3)20(10)32-6-15(29-31-32)12-4-13(24)19(26)14(25)5-12/h4-6,10,16-18,20-23,34H,7-9H2,1-3H3. The van der Waals surface area contributed by atoms with Crippen molar-refractivity contribution in [1.29, 1.82) is 0 Å². The van der Waals surface area contributed by atoms with Gasteiger partial charge in [-0.25, -0.2) is 17.9 Å². The van der Waals surface area contributed by atoms with Crippen LogP contribution < -0.4 is 0 Å². The molecule has 0 aliphatic carbocycles. The molecular formula is C23H27F3N6O6S. The van der Waals surface area contributed by atoms with Crippen molar-refractivity contribution in [1.82, 2.24) is 15.0 Å². The summed E-state index contributed by atoms with van der Waals surface area (Å²) in [5, 5.41) is 22.0. The molecule has 0 amide bonds. The summed E-state index contributed by atoms with van der Waals surface area (Å²) in [6.45, 7) is 3.25. The van der Waals surface area contributed by atoms with Crippen LogP contribution in [0.3, 0.4) is 0 Å². The minimum absolute atomic E-state index is 0.0136. The third kappa shape index (κ3) is 6.31. The van der Waals surface area contributed by atoms with Gasteiger partial charge in [0.1, 0.15) is 23.8 Å². The molecule has 1 aromatic heterocycles. The van der Waals surface area contributed by atoms with Crippen LogP contribution in [0.1, 0.15) is 19.9 Å². The maximum atomic E-state index is 13.8. The zero-order valence-corrected chi connectivity index (χ0v) is 22.0. The fourth-order valence-electron chi connectivity index (χ4n) is 4.66. The molecule has 2 aliphatic heterocycles. The fourth-order valence-corrected chi connectivity index (χ4v) is 6.16. The van der Waals surface area contributed by atoms with Gasteiger partial charge in [0.2, 0.25) is 0 Å². The van der Waals surface area contributed by atoms with Crippen molar-refractivity contribution in [3.05, 3.63) is 46.2 Å². The highest BCUT2D eigenvalue weighted by Crippen LogP contribution is 2.42. The molecular weight excluding hydrogens is 545 g/mol. The number of benzene rings is 1. The number of aliphatic hydroxyl groups excluding tert-OH is 1. The summed E-state index contributed by atoms with van der Waals surface area (Å²) < 4.78 is 65.4. The van der Waals surface area contributed by atoms with Crippen molar-refractivity contribution in [2.45, 2.75) is 54.9 Å². The predicted molar refractivity (Wildman–Crippen MR) is 131 cm³/mol. The van der Waals surface area contributed by atoms with Gasteiger partial charge in [0.15, 0.2) is 17.5 Å². The maximum absolute atomic E-state index is 13.8. The molecule has 3 heterocycles. The van der Waals surface area contributed by atoms with Crippen LogP contribution in [0.15, 0.2) is 23.4 Å². The van der Waals surface area contributed by atoms with E-state index in [1.165, 1.54) is 36.7 Å². The number of thioether (sulfide) groups is 1. The highest BCUT2D eigenvalue weighted by atomic mass is 32.2. The lowest BCUT2D eigenvalue weighted by atomic mass is 9.89. The second kappa shape index (κ2) is 12.5. The zero-order chi connectivity index (χ0) is 28.3. The van der Waals surface area contributed by atoms with E-state index < -0.39 is 64.5 Å². The molecule has 0 bridgehead atoms. The summed E-state index contributed by atoms with van der Waals surface area (Å²) >= 11 is 1.21. The van der Waals surface area contributed by atoms with E-state index in [0.717, 1.165) is 12.1 Å². The first-order chi connectivity index (χ1) is 18.6. The quantitative estimate of drug-likeness (QED) is 0.165. The number of hydrogen-bond donors (Lipinski definition) is 1. The molecule has 2 fully saturated rings. The summed E-state index contributed by atoms with van der Waals surface area (Å²) in [7, 11) is 1.47. The number of aromatic nitrogens is 3. The average Bonchev–Trinajstić information content (AvgIpc) is 3.39. The van der Waals surface area contributed by atoms with Gasteiger partial charge in [-0.05, 0) is 17.7 Å². The maximum Gasteiger partial charge on any atom is 0.302 e. The number of azide groups is 1. The number of aliphatic hydroxyl groups is 1. The second-order valence-corrected chi connectivity index (χ2v) is 10.6. The number of carbonyl (C=O) groups excluding carboxylic acids is 1. The minimum Gasteiger partial charge on any atom is -0.463 e. The van der Waals surface area contributed by atoms with Crippen LogP contribution in [0.5, 0.6) is 0 Å². The molecule has 16 heteroatoms. The van der Waals surface area contributed by atoms with E-state index in [1.807, 2.05) is 6.92 Å². The Bertz CT molecular complexity index is 1210. The Hall–Kier alpha value is -2.88. The van der Waals surface area contributed by atoms with Crippen molar-refractivity contribution < 1.29 is 42.0 Å². The molecule has 8 atom stereocenters. The Morgan fingerprint density at radius 3 is 2.69 bits per heavy atom. The first kappa shape index (κ1) is 29.1. The largest absolute Gasteiger partial charge is 0.463 e. The summed E-state index contributed by atoms with van der Waals surface area (Å²) in [4.78, 5) is 14.3. The second-order valence-electron chi connectivity index (χ2n) is 9.21. The Morgan fingerprint density at radius 1 is 1.33 bits per heavy atom. The molecule has 4 rings (SSSR count). The molecule has 2 saturated heterocycles. The van der Waals surface area contributed by atoms with Gasteiger partial charge in [0.25, 0.3) is 0 Å². The zero-order valence-electron chi connectivity index (χ0n) is 21.2. The number of rotatable bonds is 8. The van der Waals surface area contributed by atoms with Crippen molar-refractivity contribution in [3.63, 3.8) is 0 Å². The van der Waals surface area contributed by atoms with Crippen LogP contribution in [0, 0.1) is 23.4 Å². The minimum atomic E-state index is -1.59. The van der Waals surface area contributed by atoms with E-state index in [4.69, 9.17) is 24.5 Å². The molecule has 0 saturated carbocycles. The van der Waals surface area contributed by atoms with E-state index in [9.17, 15) is 23.1 Å². The van der Waals surface area contributed by atoms with E-state index >= 15 is 0 Å². The normalized spacial score (nSPS) is 30.9. The van der Waals surface area contributed by atoms with Gasteiger partial charge in [-0.2, -0.15) is 0 Å². The van der Waals surface area contributed by atoms with E-state index in [-0.39, 0.29) is 37.0 Å². The number of hydrogen-bond acceptors (Lipinski definition) is 10. The van der Waals surface area contributed by atoms with Gasteiger partial charge in [-0.1, -0.05) is 17.3 Å². The number of carbonyl (C=O) groups is 1. The lowest BCUT2D eigenvalue weighted by Crippen LogP contribution is -2.54. The van der Waals surface area contributed by atoms with Crippen LogP contribution >= 0.6 is 11.8 Å². The van der Waals surface area contributed by atoms with Crippen molar-refractivity contribution in [2.24, 2.45) is 11.0 Å². The molecule has 39 heavy (non-hydrogen) atoms. The van der Waals surface area contributed by atoms with Gasteiger partial charge in [0, 0.05) is 30.4 Å². The fraction of sp³-hybridized carbons (Fsp3) is 0.609.